The maximum Gasteiger partial charge on any atom is 0.0732 e. The average Bonchev–Trinajstić information content (AvgIpc) is 3.13. The molecule has 0 saturated heterocycles. The van der Waals surface area contributed by atoms with Crippen LogP contribution in [0.2, 0.25) is 0 Å². The molecule has 3 rings (SSSR count). The molecule has 118 valence electrons. The number of hydrogen-bond acceptors (Lipinski definition) is 1. The summed E-state index contributed by atoms with van der Waals surface area (Å²) in [6.07, 6.45) is 8.04. The van der Waals surface area contributed by atoms with Crippen LogP contribution in [0.15, 0.2) is 72.1 Å². The molecule has 0 fully saturated rings. The van der Waals surface area contributed by atoms with Crippen LogP contribution in [0.1, 0.15) is 33.0 Å². The quantitative estimate of drug-likeness (QED) is 0.499. The molecular weight excluding hydrogens is 308 g/mol. The van der Waals surface area contributed by atoms with Crippen molar-refractivity contribution in [2.75, 3.05) is 0 Å². The van der Waals surface area contributed by atoms with Crippen molar-refractivity contribution in [2.45, 2.75) is 19.8 Å². The van der Waals surface area contributed by atoms with Crippen LogP contribution in [0.25, 0.3) is 5.57 Å². The highest BCUT2D eigenvalue weighted by atomic mass is 32.1. The molecule has 0 amide bonds. The summed E-state index contributed by atoms with van der Waals surface area (Å²) < 4.78 is 0. The van der Waals surface area contributed by atoms with Crippen LogP contribution in [-0.4, -0.2) is 0 Å². The maximum absolute atomic E-state index is 5.83. The summed E-state index contributed by atoms with van der Waals surface area (Å²) in [7, 11) is 0. The Labute approximate surface area is 148 Å². The molecule has 0 N–H and O–H groups in total. The topological polar surface area (TPSA) is 0 Å². The molecule has 1 unspecified atom stereocenters. The van der Waals surface area contributed by atoms with Crippen molar-refractivity contribution < 1.29 is 0 Å². The second-order valence-electron chi connectivity index (χ2n) is 5.97. The van der Waals surface area contributed by atoms with Crippen LogP contribution in [0, 0.1) is 26.2 Å². The number of hydrogen-bond donors (Lipinski definition) is 0. The lowest BCUT2D eigenvalue weighted by Gasteiger charge is -2.12. The maximum atomic E-state index is 5.83. The predicted molar refractivity (Wildman–Crippen MR) is 105 cm³/mol. The Bertz CT molecular complexity index is 810. The van der Waals surface area contributed by atoms with Crippen molar-refractivity contribution >= 4 is 16.9 Å². The molecule has 0 bridgehead atoms. The first-order chi connectivity index (χ1) is 11.7. The highest BCUT2D eigenvalue weighted by molar-refractivity contribution is 7.10. The minimum Gasteiger partial charge on any atom is -0.147 e. The summed E-state index contributed by atoms with van der Waals surface area (Å²) in [6, 6.07) is 21.4. The first-order valence-corrected chi connectivity index (χ1v) is 8.91. The number of allylic oxidation sites excluding steroid dienone is 1. The lowest BCUT2D eigenvalue weighted by atomic mass is 9.92. The third-order valence-corrected chi connectivity index (χ3v) is 5.04. The van der Waals surface area contributed by atoms with E-state index in [0.717, 1.165) is 0 Å². The van der Waals surface area contributed by atoms with Crippen LogP contribution < -0.4 is 0 Å². The minimum absolute atomic E-state index is 0.0115. The third-order valence-electron chi connectivity index (χ3n) is 4.09. The SMILES string of the molecule is C#CC(C=C(c1ccc(C)cc1)c1ccc(C)cc1)c1cccs1. The van der Waals surface area contributed by atoms with Gasteiger partial charge in [-0.25, -0.2) is 0 Å². The summed E-state index contributed by atoms with van der Waals surface area (Å²) in [4.78, 5) is 1.20. The molecule has 0 aliphatic rings. The lowest BCUT2D eigenvalue weighted by Crippen LogP contribution is -1.94. The summed E-state index contributed by atoms with van der Waals surface area (Å²) in [5, 5.41) is 2.07. The summed E-state index contributed by atoms with van der Waals surface area (Å²) in [6.45, 7) is 4.21. The van der Waals surface area contributed by atoms with E-state index in [2.05, 4.69) is 91.9 Å². The van der Waals surface area contributed by atoms with Crippen LogP contribution >= 0.6 is 11.3 Å². The molecule has 1 heterocycles. The van der Waals surface area contributed by atoms with E-state index in [-0.39, 0.29) is 5.92 Å². The molecule has 0 nitrogen and oxygen atoms in total. The highest BCUT2D eigenvalue weighted by Crippen LogP contribution is 2.30. The Balaban J connectivity index is 2.10. The van der Waals surface area contributed by atoms with E-state index in [9.17, 15) is 0 Å². The van der Waals surface area contributed by atoms with Gasteiger partial charge in [-0.1, -0.05) is 77.7 Å². The van der Waals surface area contributed by atoms with Gasteiger partial charge in [-0.15, -0.1) is 17.8 Å². The Kier molecular flexibility index (Phi) is 4.99. The Morgan fingerprint density at radius 2 is 1.46 bits per heavy atom. The highest BCUT2D eigenvalue weighted by Gasteiger charge is 2.11. The summed E-state index contributed by atoms with van der Waals surface area (Å²) in [5.41, 5.74) is 6.09. The van der Waals surface area contributed by atoms with E-state index in [1.54, 1.807) is 11.3 Å². The van der Waals surface area contributed by atoms with Gasteiger partial charge in [-0.2, -0.15) is 0 Å². The van der Waals surface area contributed by atoms with E-state index in [0.29, 0.717) is 0 Å². The Morgan fingerprint density at radius 1 is 0.917 bits per heavy atom. The molecule has 1 heteroatoms. The number of terminal acetylenes is 1. The first-order valence-electron chi connectivity index (χ1n) is 8.03. The van der Waals surface area contributed by atoms with Gasteiger partial charge in [0, 0.05) is 4.88 Å². The fourth-order valence-electron chi connectivity index (χ4n) is 2.67. The number of aryl methyl sites for hydroxylation is 2. The van der Waals surface area contributed by atoms with Crippen molar-refractivity contribution in [3.05, 3.63) is 99.3 Å². The fraction of sp³-hybridized carbons (Fsp3) is 0.130. The average molecular weight is 328 g/mol. The molecule has 0 aliphatic heterocycles. The van der Waals surface area contributed by atoms with Crippen LogP contribution in [0.4, 0.5) is 0 Å². The van der Waals surface area contributed by atoms with Gasteiger partial charge in [0.15, 0.2) is 0 Å². The van der Waals surface area contributed by atoms with Crippen LogP contribution in [0.5, 0.6) is 0 Å². The van der Waals surface area contributed by atoms with Crippen molar-refractivity contribution in [1.82, 2.24) is 0 Å². The third kappa shape index (κ3) is 3.67. The van der Waals surface area contributed by atoms with Crippen molar-refractivity contribution in [3.8, 4) is 12.3 Å². The molecule has 3 aromatic rings. The van der Waals surface area contributed by atoms with E-state index in [1.165, 1.54) is 32.7 Å². The van der Waals surface area contributed by atoms with Gasteiger partial charge in [-0.05, 0) is 42.0 Å². The molecule has 0 radical (unpaired) electrons. The molecular formula is C23H20S. The summed E-state index contributed by atoms with van der Waals surface area (Å²) >= 11 is 1.71. The first kappa shape index (κ1) is 16.3. The van der Waals surface area contributed by atoms with E-state index >= 15 is 0 Å². The molecule has 1 aromatic heterocycles. The van der Waals surface area contributed by atoms with Gasteiger partial charge in [-0.3, -0.25) is 0 Å². The van der Waals surface area contributed by atoms with Gasteiger partial charge >= 0.3 is 0 Å². The zero-order chi connectivity index (χ0) is 16.9. The largest absolute Gasteiger partial charge is 0.147 e. The predicted octanol–water partition coefficient (Wildman–Crippen LogP) is 6.21. The van der Waals surface area contributed by atoms with Gasteiger partial charge in [0.05, 0.1) is 5.92 Å². The van der Waals surface area contributed by atoms with E-state index in [4.69, 9.17) is 6.42 Å². The molecule has 2 aromatic carbocycles. The van der Waals surface area contributed by atoms with Crippen molar-refractivity contribution in [2.24, 2.45) is 0 Å². The minimum atomic E-state index is -0.0115. The van der Waals surface area contributed by atoms with Gasteiger partial charge < -0.3 is 0 Å². The van der Waals surface area contributed by atoms with Gasteiger partial charge in [0.2, 0.25) is 0 Å². The fourth-order valence-corrected chi connectivity index (χ4v) is 3.43. The molecule has 24 heavy (non-hydrogen) atoms. The molecule has 1 atom stereocenters. The second-order valence-corrected chi connectivity index (χ2v) is 6.95. The van der Waals surface area contributed by atoms with E-state index in [1.807, 2.05) is 0 Å². The Morgan fingerprint density at radius 3 is 1.88 bits per heavy atom. The van der Waals surface area contributed by atoms with Crippen LogP contribution in [-0.2, 0) is 0 Å². The summed E-state index contributed by atoms with van der Waals surface area (Å²) in [5.74, 6) is 2.92. The monoisotopic (exact) mass is 328 g/mol. The number of thiophene rings is 1. The second kappa shape index (κ2) is 7.34. The van der Waals surface area contributed by atoms with Gasteiger partial charge in [0.25, 0.3) is 0 Å². The molecule has 0 aliphatic carbocycles. The lowest BCUT2D eigenvalue weighted by molar-refractivity contribution is 1.17. The smallest absolute Gasteiger partial charge is 0.0732 e. The molecule has 0 spiro atoms. The van der Waals surface area contributed by atoms with Crippen molar-refractivity contribution in [3.63, 3.8) is 0 Å². The van der Waals surface area contributed by atoms with Gasteiger partial charge in [0.1, 0.15) is 0 Å². The standard InChI is InChI=1S/C23H20S/c1-4-19(23-6-5-15-24-23)16-22(20-11-7-17(2)8-12-20)21-13-9-18(3)10-14-21/h1,5-16,19H,2-3H3. The van der Waals surface area contributed by atoms with Crippen molar-refractivity contribution in [1.29, 1.82) is 0 Å². The number of rotatable bonds is 4. The zero-order valence-corrected chi connectivity index (χ0v) is 14.8. The molecule has 0 saturated carbocycles. The van der Waals surface area contributed by atoms with E-state index < -0.39 is 0 Å². The Hall–Kier alpha value is -2.56. The number of benzene rings is 2. The zero-order valence-electron chi connectivity index (χ0n) is 14.0. The van der Waals surface area contributed by atoms with Crippen LogP contribution in [0.3, 0.4) is 0 Å². The normalized spacial score (nSPS) is 11.5.